The molecule has 0 aliphatic carbocycles. The third-order valence-corrected chi connectivity index (χ3v) is 7.62. The molecule has 0 radical (unpaired) electrons. The van der Waals surface area contributed by atoms with Crippen LogP contribution < -0.4 is 5.32 Å². The lowest BCUT2D eigenvalue weighted by atomic mass is 10.1. The Morgan fingerprint density at radius 3 is 2.80 bits per heavy atom. The van der Waals surface area contributed by atoms with E-state index >= 15 is 0 Å². The van der Waals surface area contributed by atoms with Crippen LogP contribution in [0.4, 0.5) is 0 Å². The van der Waals surface area contributed by atoms with Gasteiger partial charge < -0.3 is 14.8 Å². The predicted molar refractivity (Wildman–Crippen MR) is 118 cm³/mol. The minimum Gasteiger partial charge on any atom is -0.350 e. The summed E-state index contributed by atoms with van der Waals surface area (Å²) >= 11 is 1.72. The van der Waals surface area contributed by atoms with E-state index in [0.717, 1.165) is 29.6 Å². The SMILES string of the molecule is CC12CCC(=O)N1C(C(=O)NCc1ccc(Cn3cnc4ccccc43)cc1)CS2. The van der Waals surface area contributed by atoms with E-state index in [1.807, 2.05) is 36.7 Å². The lowest BCUT2D eigenvalue weighted by molar-refractivity contribution is -0.138. The summed E-state index contributed by atoms with van der Waals surface area (Å²) < 4.78 is 2.13. The van der Waals surface area contributed by atoms with Crippen molar-refractivity contribution in [3.8, 4) is 0 Å². The van der Waals surface area contributed by atoms with E-state index in [1.54, 1.807) is 16.7 Å². The standard InChI is InChI=1S/C23H24N4O2S/c1-23-11-10-21(28)27(23)20(14-30-23)22(29)24-12-16-6-8-17(9-7-16)13-26-15-25-18-4-2-3-5-19(18)26/h2-9,15,20H,10-14H2,1H3,(H,24,29). The highest BCUT2D eigenvalue weighted by Crippen LogP contribution is 2.47. The maximum absolute atomic E-state index is 12.7. The van der Waals surface area contributed by atoms with Gasteiger partial charge in [0.2, 0.25) is 11.8 Å². The van der Waals surface area contributed by atoms with Gasteiger partial charge in [0.25, 0.3) is 0 Å². The molecule has 2 aromatic carbocycles. The number of para-hydroxylation sites is 2. The van der Waals surface area contributed by atoms with Crippen molar-refractivity contribution in [2.75, 3.05) is 5.75 Å². The summed E-state index contributed by atoms with van der Waals surface area (Å²) in [4.78, 5) is 31.0. The number of thioether (sulfide) groups is 1. The quantitative estimate of drug-likeness (QED) is 0.689. The smallest absolute Gasteiger partial charge is 0.243 e. The average molecular weight is 421 g/mol. The van der Waals surface area contributed by atoms with Gasteiger partial charge in [0.15, 0.2) is 0 Å². The molecule has 2 aliphatic heterocycles. The number of fused-ring (bicyclic) bond motifs is 2. The molecule has 2 atom stereocenters. The first kappa shape index (κ1) is 19.2. The Morgan fingerprint density at radius 2 is 1.97 bits per heavy atom. The lowest BCUT2D eigenvalue weighted by Gasteiger charge is -2.29. The van der Waals surface area contributed by atoms with E-state index in [4.69, 9.17) is 0 Å². The predicted octanol–water partition coefficient (Wildman–Crippen LogP) is 3.15. The highest BCUT2D eigenvalue weighted by molar-refractivity contribution is 8.01. The molecular weight excluding hydrogens is 396 g/mol. The Hall–Kier alpha value is -2.80. The van der Waals surface area contributed by atoms with Crippen molar-refractivity contribution in [2.24, 2.45) is 0 Å². The number of imidazole rings is 1. The van der Waals surface area contributed by atoms with Crippen LogP contribution in [0.3, 0.4) is 0 Å². The van der Waals surface area contributed by atoms with Gasteiger partial charge in [-0.15, -0.1) is 11.8 Å². The summed E-state index contributed by atoms with van der Waals surface area (Å²) in [5.74, 6) is 0.709. The first-order chi connectivity index (χ1) is 14.5. The second-order valence-electron chi connectivity index (χ2n) is 8.16. The van der Waals surface area contributed by atoms with Crippen molar-refractivity contribution in [1.82, 2.24) is 19.8 Å². The van der Waals surface area contributed by atoms with Gasteiger partial charge in [-0.05, 0) is 36.6 Å². The highest BCUT2D eigenvalue weighted by Gasteiger charge is 2.52. The molecule has 1 aromatic heterocycles. The van der Waals surface area contributed by atoms with Gasteiger partial charge in [-0.2, -0.15) is 0 Å². The molecule has 6 nitrogen and oxygen atoms in total. The fourth-order valence-corrected chi connectivity index (χ4v) is 5.85. The van der Waals surface area contributed by atoms with Crippen molar-refractivity contribution >= 4 is 34.6 Å². The van der Waals surface area contributed by atoms with Gasteiger partial charge in [-0.25, -0.2) is 4.98 Å². The van der Waals surface area contributed by atoms with Crippen LogP contribution in [0, 0.1) is 0 Å². The molecule has 154 valence electrons. The van der Waals surface area contributed by atoms with E-state index in [1.165, 1.54) is 5.56 Å². The van der Waals surface area contributed by atoms with Crippen molar-refractivity contribution in [1.29, 1.82) is 0 Å². The molecule has 7 heteroatoms. The first-order valence-electron chi connectivity index (χ1n) is 10.2. The van der Waals surface area contributed by atoms with Gasteiger partial charge in [0.05, 0.1) is 22.2 Å². The molecule has 2 saturated heterocycles. The van der Waals surface area contributed by atoms with Crippen molar-refractivity contribution in [3.05, 3.63) is 66.0 Å². The number of aromatic nitrogens is 2. The Labute approximate surface area is 179 Å². The molecule has 2 unspecified atom stereocenters. The van der Waals surface area contributed by atoms with Gasteiger partial charge in [-0.1, -0.05) is 36.4 Å². The zero-order valence-corrected chi connectivity index (χ0v) is 17.7. The Morgan fingerprint density at radius 1 is 1.20 bits per heavy atom. The zero-order valence-electron chi connectivity index (χ0n) is 16.9. The summed E-state index contributed by atoms with van der Waals surface area (Å²) in [6.45, 7) is 3.28. The fraction of sp³-hybridized carbons (Fsp3) is 0.348. The average Bonchev–Trinajstić information content (AvgIpc) is 3.41. The molecule has 0 saturated carbocycles. The molecule has 5 rings (SSSR count). The molecule has 2 fully saturated rings. The van der Waals surface area contributed by atoms with Gasteiger partial charge in [0.1, 0.15) is 6.04 Å². The molecular formula is C23H24N4O2S. The zero-order chi connectivity index (χ0) is 20.7. The van der Waals surface area contributed by atoms with Crippen molar-refractivity contribution in [3.63, 3.8) is 0 Å². The normalized spacial score (nSPS) is 23.2. The van der Waals surface area contributed by atoms with Crippen molar-refractivity contribution < 1.29 is 9.59 Å². The minimum absolute atomic E-state index is 0.0598. The monoisotopic (exact) mass is 420 g/mol. The van der Waals surface area contributed by atoms with E-state index in [-0.39, 0.29) is 22.7 Å². The van der Waals surface area contributed by atoms with Crippen LogP contribution in [-0.4, -0.2) is 42.9 Å². The van der Waals surface area contributed by atoms with Crippen LogP contribution in [0.5, 0.6) is 0 Å². The fourth-order valence-electron chi connectivity index (χ4n) is 4.42. The Kier molecular flexibility index (Phi) is 4.77. The molecule has 0 spiro atoms. The maximum atomic E-state index is 12.7. The summed E-state index contributed by atoms with van der Waals surface area (Å²) in [6.07, 6.45) is 3.24. The van der Waals surface area contributed by atoms with E-state index in [0.29, 0.717) is 18.7 Å². The summed E-state index contributed by atoms with van der Waals surface area (Å²) in [5.41, 5.74) is 4.34. The molecule has 2 amide bonds. The third-order valence-electron chi connectivity index (χ3n) is 6.12. The van der Waals surface area contributed by atoms with Gasteiger partial charge in [-0.3, -0.25) is 9.59 Å². The minimum atomic E-state index is -0.358. The molecule has 2 aliphatic rings. The number of nitrogens with zero attached hydrogens (tertiary/aromatic N) is 3. The van der Waals surface area contributed by atoms with Crippen LogP contribution >= 0.6 is 11.8 Å². The molecule has 3 heterocycles. The summed E-state index contributed by atoms with van der Waals surface area (Å²) in [5, 5.41) is 3.02. The summed E-state index contributed by atoms with van der Waals surface area (Å²) in [6, 6.07) is 16.0. The molecule has 3 aromatic rings. The molecule has 0 bridgehead atoms. The number of benzene rings is 2. The van der Waals surface area contributed by atoms with E-state index in [2.05, 4.69) is 40.0 Å². The maximum Gasteiger partial charge on any atom is 0.243 e. The number of rotatable bonds is 5. The Bertz CT molecular complexity index is 1110. The topological polar surface area (TPSA) is 67.2 Å². The molecule has 30 heavy (non-hydrogen) atoms. The van der Waals surface area contributed by atoms with Crippen LogP contribution in [0.2, 0.25) is 0 Å². The number of hydrogen-bond donors (Lipinski definition) is 1. The first-order valence-corrected chi connectivity index (χ1v) is 11.2. The second-order valence-corrected chi connectivity index (χ2v) is 9.66. The largest absolute Gasteiger partial charge is 0.350 e. The summed E-state index contributed by atoms with van der Waals surface area (Å²) in [7, 11) is 0. The van der Waals surface area contributed by atoms with Crippen LogP contribution in [0.25, 0.3) is 11.0 Å². The van der Waals surface area contributed by atoms with Crippen LogP contribution in [-0.2, 0) is 22.7 Å². The lowest BCUT2D eigenvalue weighted by Crippen LogP contribution is -2.49. The number of nitrogens with one attached hydrogen (secondary N) is 1. The van der Waals surface area contributed by atoms with E-state index in [9.17, 15) is 9.59 Å². The molecule has 1 N–H and O–H groups in total. The number of amides is 2. The van der Waals surface area contributed by atoms with Gasteiger partial charge in [0, 0.05) is 25.3 Å². The number of carbonyl (C=O) groups is 2. The number of hydrogen-bond acceptors (Lipinski definition) is 4. The van der Waals surface area contributed by atoms with Gasteiger partial charge >= 0.3 is 0 Å². The van der Waals surface area contributed by atoms with Crippen LogP contribution in [0.15, 0.2) is 54.9 Å². The third kappa shape index (κ3) is 3.37. The highest BCUT2D eigenvalue weighted by atomic mass is 32.2. The number of carbonyl (C=O) groups excluding carboxylic acids is 2. The van der Waals surface area contributed by atoms with E-state index < -0.39 is 0 Å². The van der Waals surface area contributed by atoms with Crippen LogP contribution in [0.1, 0.15) is 30.9 Å². The van der Waals surface area contributed by atoms with Crippen molar-refractivity contribution in [2.45, 2.75) is 43.8 Å². The Balaban J connectivity index is 1.20. The second kappa shape index (κ2) is 7.47.